The van der Waals surface area contributed by atoms with E-state index in [9.17, 15) is 10.1 Å². The summed E-state index contributed by atoms with van der Waals surface area (Å²) in [5, 5.41) is 11.0. The number of nitro benzene ring substituents is 1. The molecule has 1 heterocycles. The van der Waals surface area contributed by atoms with Gasteiger partial charge in [0.1, 0.15) is 5.84 Å². The number of non-ortho nitro benzene ring substituents is 1. The Morgan fingerprint density at radius 2 is 2.04 bits per heavy atom. The Labute approximate surface area is 143 Å². The Balaban J connectivity index is 1.94. The molecule has 0 N–H and O–H groups in total. The number of nitro groups is 1. The first-order chi connectivity index (χ1) is 11.5. The molecule has 1 aromatic rings. The lowest BCUT2D eigenvalue weighted by molar-refractivity contribution is -0.384. The molecule has 0 aromatic heterocycles. The summed E-state index contributed by atoms with van der Waals surface area (Å²) < 4.78 is 0. The van der Waals surface area contributed by atoms with Gasteiger partial charge < -0.3 is 4.90 Å². The number of fused-ring (bicyclic) bond motifs is 1. The van der Waals surface area contributed by atoms with Crippen LogP contribution in [0.2, 0.25) is 0 Å². The summed E-state index contributed by atoms with van der Waals surface area (Å²) in [4.78, 5) is 18.2. The van der Waals surface area contributed by atoms with Gasteiger partial charge in [-0.25, -0.2) is 4.99 Å². The van der Waals surface area contributed by atoms with Crippen molar-refractivity contribution < 1.29 is 4.92 Å². The molecule has 2 aliphatic rings. The number of nitrogens with zero attached hydrogens (tertiary/aromatic N) is 3. The van der Waals surface area contributed by atoms with Gasteiger partial charge >= 0.3 is 0 Å². The van der Waals surface area contributed by atoms with Crippen LogP contribution in [0.15, 0.2) is 23.2 Å². The van der Waals surface area contributed by atoms with Gasteiger partial charge in [-0.3, -0.25) is 10.1 Å². The molecule has 0 saturated heterocycles. The molecule has 1 fully saturated rings. The van der Waals surface area contributed by atoms with Gasteiger partial charge in [-0.2, -0.15) is 0 Å². The molecule has 1 saturated carbocycles. The molecule has 1 aliphatic heterocycles. The van der Waals surface area contributed by atoms with Crippen molar-refractivity contribution >= 4 is 17.2 Å². The highest BCUT2D eigenvalue weighted by Crippen LogP contribution is 2.35. The van der Waals surface area contributed by atoms with Crippen molar-refractivity contribution in [2.45, 2.75) is 58.9 Å². The van der Waals surface area contributed by atoms with Gasteiger partial charge in [0.2, 0.25) is 0 Å². The maximum absolute atomic E-state index is 11.0. The van der Waals surface area contributed by atoms with Crippen molar-refractivity contribution in [2.75, 3.05) is 6.54 Å². The van der Waals surface area contributed by atoms with E-state index in [4.69, 9.17) is 4.99 Å². The molecule has 130 valence electrons. The van der Waals surface area contributed by atoms with Gasteiger partial charge in [-0.1, -0.05) is 33.6 Å². The van der Waals surface area contributed by atoms with Crippen LogP contribution in [0.5, 0.6) is 0 Å². The van der Waals surface area contributed by atoms with Gasteiger partial charge in [-0.15, -0.1) is 0 Å². The largest absolute Gasteiger partial charge is 0.357 e. The van der Waals surface area contributed by atoms with Gasteiger partial charge in [-0.05, 0) is 36.8 Å². The lowest BCUT2D eigenvalue weighted by atomic mass is 9.93. The first-order valence-corrected chi connectivity index (χ1v) is 9.08. The van der Waals surface area contributed by atoms with E-state index in [0.717, 1.165) is 24.2 Å². The molecular weight excluding hydrogens is 302 g/mol. The standard InChI is InChI=1S/C19H27N3O2/c1-13(2)12-21(16-6-4-5-7-16)19-14(3)10-15-11-17(22(23)24)8-9-18(15)20-19/h8-9,11,13-14,16H,4-7,10,12H2,1-3H3. The Morgan fingerprint density at radius 3 is 2.67 bits per heavy atom. The van der Waals surface area contributed by atoms with E-state index in [1.807, 2.05) is 6.07 Å². The number of aliphatic imine (C=N–C) groups is 1. The zero-order valence-corrected chi connectivity index (χ0v) is 14.9. The third-order valence-electron chi connectivity index (χ3n) is 5.10. The molecule has 5 heteroatoms. The minimum Gasteiger partial charge on any atom is -0.357 e. The van der Waals surface area contributed by atoms with Crippen LogP contribution in [0.3, 0.4) is 0 Å². The highest BCUT2D eigenvalue weighted by molar-refractivity contribution is 5.89. The maximum atomic E-state index is 11.0. The zero-order valence-electron chi connectivity index (χ0n) is 14.9. The van der Waals surface area contributed by atoms with Crippen molar-refractivity contribution in [3.05, 3.63) is 33.9 Å². The first kappa shape index (κ1) is 16.9. The molecule has 1 aromatic carbocycles. The Bertz CT molecular complexity index is 648. The lowest BCUT2D eigenvalue weighted by Gasteiger charge is -2.38. The van der Waals surface area contributed by atoms with Crippen LogP contribution in [0.4, 0.5) is 11.4 Å². The molecular formula is C19H27N3O2. The zero-order chi connectivity index (χ0) is 17.3. The normalized spacial score (nSPS) is 20.8. The molecule has 3 rings (SSSR count). The maximum Gasteiger partial charge on any atom is 0.269 e. The summed E-state index contributed by atoms with van der Waals surface area (Å²) in [5.41, 5.74) is 2.06. The van der Waals surface area contributed by atoms with E-state index >= 15 is 0 Å². The van der Waals surface area contributed by atoms with E-state index in [1.54, 1.807) is 12.1 Å². The van der Waals surface area contributed by atoms with E-state index < -0.39 is 0 Å². The predicted molar refractivity (Wildman–Crippen MR) is 96.9 cm³/mol. The SMILES string of the molecule is CC(C)CN(C1=Nc2ccc([N+](=O)[O-])cc2CC1C)C1CCCC1. The van der Waals surface area contributed by atoms with Crippen molar-refractivity contribution in [1.29, 1.82) is 0 Å². The average molecular weight is 329 g/mol. The van der Waals surface area contributed by atoms with E-state index in [2.05, 4.69) is 25.7 Å². The quantitative estimate of drug-likeness (QED) is 0.593. The Hall–Kier alpha value is -1.91. The summed E-state index contributed by atoms with van der Waals surface area (Å²) in [5.74, 6) is 2.08. The smallest absolute Gasteiger partial charge is 0.269 e. The van der Waals surface area contributed by atoms with Crippen molar-refractivity contribution in [3.8, 4) is 0 Å². The molecule has 5 nitrogen and oxygen atoms in total. The minimum atomic E-state index is -0.326. The number of hydrogen-bond acceptors (Lipinski definition) is 4. The fourth-order valence-corrected chi connectivity index (χ4v) is 4.00. The summed E-state index contributed by atoms with van der Waals surface area (Å²) >= 11 is 0. The van der Waals surface area contributed by atoms with Crippen molar-refractivity contribution in [1.82, 2.24) is 4.90 Å². The van der Waals surface area contributed by atoms with Crippen molar-refractivity contribution in [2.24, 2.45) is 16.8 Å². The van der Waals surface area contributed by atoms with Crippen LogP contribution < -0.4 is 0 Å². The van der Waals surface area contributed by atoms with Crippen LogP contribution in [0.25, 0.3) is 0 Å². The highest BCUT2D eigenvalue weighted by Gasteiger charge is 2.31. The molecule has 1 unspecified atom stereocenters. The summed E-state index contributed by atoms with van der Waals surface area (Å²) in [7, 11) is 0. The van der Waals surface area contributed by atoms with E-state index in [0.29, 0.717) is 17.9 Å². The second-order valence-electron chi connectivity index (χ2n) is 7.63. The third kappa shape index (κ3) is 3.45. The fourth-order valence-electron chi connectivity index (χ4n) is 4.00. The number of amidine groups is 1. The molecule has 0 spiro atoms. The van der Waals surface area contributed by atoms with E-state index in [1.165, 1.54) is 31.5 Å². The molecule has 1 aliphatic carbocycles. The second kappa shape index (κ2) is 6.91. The molecule has 0 amide bonds. The lowest BCUT2D eigenvalue weighted by Crippen LogP contribution is -2.45. The van der Waals surface area contributed by atoms with Gasteiger partial charge in [0.05, 0.1) is 10.6 Å². The van der Waals surface area contributed by atoms with Crippen LogP contribution in [-0.4, -0.2) is 28.2 Å². The topological polar surface area (TPSA) is 58.7 Å². The number of benzene rings is 1. The summed E-state index contributed by atoms with van der Waals surface area (Å²) in [6, 6.07) is 5.67. The molecule has 24 heavy (non-hydrogen) atoms. The molecule has 0 bridgehead atoms. The predicted octanol–water partition coefficient (Wildman–Crippen LogP) is 4.72. The van der Waals surface area contributed by atoms with Gasteiger partial charge in [0.15, 0.2) is 0 Å². The monoisotopic (exact) mass is 329 g/mol. The Morgan fingerprint density at radius 1 is 1.33 bits per heavy atom. The van der Waals surface area contributed by atoms with Crippen LogP contribution in [0.1, 0.15) is 52.0 Å². The Kier molecular flexibility index (Phi) is 4.88. The average Bonchev–Trinajstić information content (AvgIpc) is 3.05. The van der Waals surface area contributed by atoms with Gasteiger partial charge in [0, 0.05) is 30.6 Å². The van der Waals surface area contributed by atoms with Crippen LogP contribution in [0, 0.1) is 22.0 Å². The second-order valence-corrected chi connectivity index (χ2v) is 7.63. The third-order valence-corrected chi connectivity index (χ3v) is 5.10. The number of rotatable bonds is 4. The van der Waals surface area contributed by atoms with Gasteiger partial charge in [0.25, 0.3) is 5.69 Å². The highest BCUT2D eigenvalue weighted by atomic mass is 16.6. The summed E-state index contributed by atoms with van der Waals surface area (Å²) in [6.45, 7) is 7.75. The summed E-state index contributed by atoms with van der Waals surface area (Å²) in [6.07, 6.45) is 5.96. The first-order valence-electron chi connectivity index (χ1n) is 9.08. The van der Waals surface area contributed by atoms with Crippen molar-refractivity contribution in [3.63, 3.8) is 0 Å². The minimum absolute atomic E-state index is 0.162. The van der Waals surface area contributed by atoms with E-state index in [-0.39, 0.29) is 10.6 Å². The van der Waals surface area contributed by atoms with Crippen LogP contribution in [-0.2, 0) is 6.42 Å². The molecule has 0 radical (unpaired) electrons. The number of hydrogen-bond donors (Lipinski definition) is 0. The molecule has 1 atom stereocenters. The fraction of sp³-hybridized carbons (Fsp3) is 0.632. The van der Waals surface area contributed by atoms with Crippen LogP contribution >= 0.6 is 0 Å².